The molecule has 0 bridgehead atoms. The predicted octanol–water partition coefficient (Wildman–Crippen LogP) is 1.50. The highest BCUT2D eigenvalue weighted by Gasteiger charge is 2.67. The number of halogens is 3. The van der Waals surface area contributed by atoms with Gasteiger partial charge in [-0.05, 0) is 25.9 Å². The molecule has 1 aliphatic carbocycles. The molecule has 1 saturated heterocycles. The quantitative estimate of drug-likeness (QED) is 0.525. The van der Waals surface area contributed by atoms with Crippen molar-refractivity contribution in [3.8, 4) is 0 Å². The van der Waals surface area contributed by atoms with Crippen LogP contribution in [-0.4, -0.2) is 30.7 Å². The third-order valence-electron chi connectivity index (χ3n) is 2.83. The average molecular weight is 165 g/mol. The van der Waals surface area contributed by atoms with Gasteiger partial charge in [0, 0.05) is 6.04 Å². The molecule has 0 aromatic rings. The molecule has 1 nitrogen and oxygen atoms in total. The summed E-state index contributed by atoms with van der Waals surface area (Å²) in [6.07, 6.45) is -3.23. The molecule has 0 radical (unpaired) electrons. The van der Waals surface area contributed by atoms with Crippen LogP contribution in [0.25, 0.3) is 0 Å². The fraction of sp³-hybridized carbons (Fsp3) is 1.00. The van der Waals surface area contributed by atoms with Crippen LogP contribution in [-0.2, 0) is 0 Å². The smallest absolute Gasteiger partial charge is 0.302 e. The summed E-state index contributed by atoms with van der Waals surface area (Å²) in [5, 5.41) is 0. The number of hydrogen-bond donors (Lipinski definition) is 0. The summed E-state index contributed by atoms with van der Waals surface area (Å²) >= 11 is 0. The molecule has 0 amide bonds. The van der Waals surface area contributed by atoms with E-state index in [-0.39, 0.29) is 12.0 Å². The number of nitrogens with zero attached hydrogens (tertiary/aromatic N) is 1. The number of piperidine rings is 1. The van der Waals surface area contributed by atoms with Crippen LogP contribution < -0.4 is 0 Å². The Bertz CT molecular complexity index is 177. The summed E-state index contributed by atoms with van der Waals surface area (Å²) in [6, 6.07) is -0.185. The molecule has 0 aromatic heterocycles. The van der Waals surface area contributed by atoms with Crippen molar-refractivity contribution in [2.24, 2.45) is 11.8 Å². The van der Waals surface area contributed by atoms with Gasteiger partial charge in [0.1, 0.15) is 0 Å². The Morgan fingerprint density at radius 2 is 2.00 bits per heavy atom. The van der Waals surface area contributed by atoms with Crippen LogP contribution in [0.2, 0.25) is 0 Å². The molecule has 4 heteroatoms. The van der Waals surface area contributed by atoms with E-state index in [0.29, 0.717) is 0 Å². The Hall–Kier alpha value is -0.250. The molecule has 1 saturated carbocycles. The zero-order chi connectivity index (χ0) is 8.22. The molecule has 0 unspecified atom stereocenters. The van der Waals surface area contributed by atoms with Crippen molar-refractivity contribution in [3.05, 3.63) is 0 Å². The van der Waals surface area contributed by atoms with Gasteiger partial charge >= 0.3 is 6.18 Å². The molecule has 3 atom stereocenters. The van der Waals surface area contributed by atoms with Crippen LogP contribution in [0.1, 0.15) is 6.42 Å². The van der Waals surface area contributed by atoms with Crippen molar-refractivity contribution in [3.63, 3.8) is 0 Å². The summed E-state index contributed by atoms with van der Waals surface area (Å²) in [7, 11) is 1.77. The lowest BCUT2D eigenvalue weighted by Crippen LogP contribution is -2.26. The number of likely N-dealkylation sites (tertiary alicyclic amines) is 1. The van der Waals surface area contributed by atoms with Gasteiger partial charge in [-0.25, -0.2) is 0 Å². The summed E-state index contributed by atoms with van der Waals surface area (Å²) in [5.41, 5.74) is 0. The van der Waals surface area contributed by atoms with Gasteiger partial charge in [-0.3, -0.25) is 0 Å². The maximum atomic E-state index is 12.1. The van der Waals surface area contributed by atoms with E-state index >= 15 is 0 Å². The standard InChI is InChI=1S/C7H10F3N/c1-11-3-2-4-5(6(4)11)7(8,9)10/h4-6H,2-3H2,1H3/t4-,5+,6-/m0/s1. The number of hydrogen-bond acceptors (Lipinski definition) is 1. The Labute approximate surface area is 63.2 Å². The van der Waals surface area contributed by atoms with Crippen LogP contribution in [0.5, 0.6) is 0 Å². The molecule has 11 heavy (non-hydrogen) atoms. The van der Waals surface area contributed by atoms with E-state index in [2.05, 4.69) is 0 Å². The summed E-state index contributed by atoms with van der Waals surface area (Å²) in [5.74, 6) is -1.10. The van der Waals surface area contributed by atoms with Crippen LogP contribution in [0.4, 0.5) is 13.2 Å². The minimum atomic E-state index is -3.95. The second-order valence-electron chi connectivity index (χ2n) is 3.49. The predicted molar refractivity (Wildman–Crippen MR) is 34.1 cm³/mol. The van der Waals surface area contributed by atoms with E-state index in [1.54, 1.807) is 7.05 Å². The molecular formula is C7H10F3N. The molecule has 0 N–H and O–H groups in total. The van der Waals surface area contributed by atoms with E-state index in [9.17, 15) is 13.2 Å². The first kappa shape index (κ1) is 7.40. The van der Waals surface area contributed by atoms with Gasteiger partial charge in [0.25, 0.3) is 0 Å². The highest BCUT2D eigenvalue weighted by Crippen LogP contribution is 2.57. The maximum absolute atomic E-state index is 12.1. The van der Waals surface area contributed by atoms with Gasteiger partial charge in [-0.1, -0.05) is 0 Å². The SMILES string of the molecule is CN1CC[C@@H]2[C@H]1[C@@H]2C(F)(F)F. The Morgan fingerprint density at radius 1 is 1.36 bits per heavy atom. The van der Waals surface area contributed by atoms with Crippen molar-refractivity contribution in [1.82, 2.24) is 4.90 Å². The topological polar surface area (TPSA) is 3.24 Å². The lowest BCUT2D eigenvalue weighted by Gasteiger charge is -2.14. The third-order valence-corrected chi connectivity index (χ3v) is 2.83. The molecule has 2 aliphatic rings. The fourth-order valence-corrected chi connectivity index (χ4v) is 2.25. The van der Waals surface area contributed by atoms with Crippen molar-refractivity contribution < 1.29 is 13.2 Å². The fourth-order valence-electron chi connectivity index (χ4n) is 2.25. The van der Waals surface area contributed by atoms with E-state index in [0.717, 1.165) is 13.0 Å². The number of fused-ring (bicyclic) bond motifs is 1. The van der Waals surface area contributed by atoms with Crippen LogP contribution in [0.15, 0.2) is 0 Å². The monoisotopic (exact) mass is 165 g/mol. The molecule has 2 fully saturated rings. The first-order chi connectivity index (χ1) is 5.02. The van der Waals surface area contributed by atoms with E-state index in [1.165, 1.54) is 0 Å². The molecule has 1 heterocycles. The normalized spacial score (nSPS) is 44.2. The van der Waals surface area contributed by atoms with E-state index in [1.807, 2.05) is 4.90 Å². The summed E-state index contributed by atoms with van der Waals surface area (Å²) < 4.78 is 36.3. The molecule has 0 aromatic carbocycles. The Morgan fingerprint density at radius 3 is 2.27 bits per heavy atom. The van der Waals surface area contributed by atoms with Gasteiger partial charge in [-0.15, -0.1) is 0 Å². The lowest BCUT2D eigenvalue weighted by molar-refractivity contribution is -0.156. The number of alkyl halides is 3. The van der Waals surface area contributed by atoms with Gasteiger partial charge in [0.05, 0.1) is 5.92 Å². The zero-order valence-corrected chi connectivity index (χ0v) is 6.23. The van der Waals surface area contributed by atoms with Crippen LogP contribution in [0.3, 0.4) is 0 Å². The molecule has 1 aliphatic heterocycles. The Kier molecular flexibility index (Phi) is 1.29. The maximum Gasteiger partial charge on any atom is 0.393 e. The van der Waals surface area contributed by atoms with E-state index in [4.69, 9.17) is 0 Å². The first-order valence-electron chi connectivity index (χ1n) is 3.79. The van der Waals surface area contributed by atoms with Gasteiger partial charge in [0.2, 0.25) is 0 Å². The largest absolute Gasteiger partial charge is 0.393 e. The van der Waals surface area contributed by atoms with Gasteiger partial charge in [-0.2, -0.15) is 13.2 Å². The molecule has 0 spiro atoms. The van der Waals surface area contributed by atoms with Crippen molar-refractivity contribution in [2.45, 2.75) is 18.6 Å². The average Bonchev–Trinajstić information content (AvgIpc) is 2.47. The van der Waals surface area contributed by atoms with Crippen molar-refractivity contribution >= 4 is 0 Å². The highest BCUT2D eigenvalue weighted by molar-refractivity contribution is 5.10. The summed E-state index contributed by atoms with van der Waals surface area (Å²) in [6.45, 7) is 0.835. The zero-order valence-electron chi connectivity index (χ0n) is 6.23. The second-order valence-corrected chi connectivity index (χ2v) is 3.49. The van der Waals surface area contributed by atoms with Crippen LogP contribution in [0, 0.1) is 11.8 Å². The van der Waals surface area contributed by atoms with Gasteiger partial charge < -0.3 is 4.90 Å². The molecule has 64 valence electrons. The lowest BCUT2D eigenvalue weighted by atomic mass is 10.2. The minimum absolute atomic E-state index is 0.0833. The van der Waals surface area contributed by atoms with E-state index < -0.39 is 12.1 Å². The minimum Gasteiger partial charge on any atom is -0.302 e. The number of rotatable bonds is 0. The Balaban J connectivity index is 2.04. The van der Waals surface area contributed by atoms with Gasteiger partial charge in [0.15, 0.2) is 0 Å². The first-order valence-corrected chi connectivity index (χ1v) is 3.79. The van der Waals surface area contributed by atoms with Crippen LogP contribution >= 0.6 is 0 Å². The highest BCUT2D eigenvalue weighted by atomic mass is 19.4. The second kappa shape index (κ2) is 1.91. The van der Waals surface area contributed by atoms with Crippen molar-refractivity contribution in [1.29, 1.82) is 0 Å². The van der Waals surface area contributed by atoms with Crippen molar-refractivity contribution in [2.75, 3.05) is 13.6 Å². The third kappa shape index (κ3) is 0.956. The molecular weight excluding hydrogens is 155 g/mol. The summed E-state index contributed by atoms with van der Waals surface area (Å²) in [4.78, 5) is 1.82. The molecule has 2 rings (SSSR count).